The van der Waals surface area contributed by atoms with Crippen LogP contribution in [-0.2, 0) is 0 Å². The molecule has 0 radical (unpaired) electrons. The number of aryl methyl sites for hydroxylation is 1. The minimum atomic E-state index is 0.572. The summed E-state index contributed by atoms with van der Waals surface area (Å²) in [5.41, 5.74) is 9.08. The van der Waals surface area contributed by atoms with Gasteiger partial charge in [-0.1, -0.05) is 0 Å². The fourth-order valence-electron chi connectivity index (χ4n) is 2.55. The van der Waals surface area contributed by atoms with E-state index in [0.717, 1.165) is 11.4 Å². The van der Waals surface area contributed by atoms with Crippen LogP contribution in [0.5, 0.6) is 0 Å². The maximum atomic E-state index is 5.87. The van der Waals surface area contributed by atoms with Crippen molar-refractivity contribution in [1.82, 2.24) is 4.90 Å². The average Bonchev–Trinajstić information content (AvgIpc) is 2.22. The van der Waals surface area contributed by atoms with Gasteiger partial charge in [-0.2, -0.15) is 0 Å². The molecule has 0 amide bonds. The molecule has 3 nitrogen and oxygen atoms in total. The maximum Gasteiger partial charge on any atom is 0.0365 e. The van der Waals surface area contributed by atoms with Crippen molar-refractivity contribution in [3.8, 4) is 0 Å². The quantitative estimate of drug-likeness (QED) is 0.771. The van der Waals surface area contributed by atoms with E-state index in [2.05, 4.69) is 37.2 Å². The molecule has 1 aliphatic rings. The summed E-state index contributed by atoms with van der Waals surface area (Å²) in [4.78, 5) is 2.42. The first kappa shape index (κ1) is 12.2. The van der Waals surface area contributed by atoms with Crippen LogP contribution in [0.1, 0.15) is 25.3 Å². The first-order valence-corrected chi connectivity index (χ1v) is 6.38. The second-order valence-electron chi connectivity index (χ2n) is 5.33. The van der Waals surface area contributed by atoms with E-state index in [1.165, 1.54) is 24.9 Å². The molecule has 1 aromatic rings. The Morgan fingerprint density at radius 3 is 2.76 bits per heavy atom. The number of hydrogen-bond acceptors (Lipinski definition) is 3. The normalized spacial score (nSPS) is 25.8. The third-order valence-electron chi connectivity index (χ3n) is 3.68. The Labute approximate surface area is 104 Å². The van der Waals surface area contributed by atoms with E-state index in [1.54, 1.807) is 0 Å². The molecule has 0 spiro atoms. The topological polar surface area (TPSA) is 41.3 Å². The molecule has 94 valence electrons. The summed E-state index contributed by atoms with van der Waals surface area (Å²) in [6.07, 6.45) is 2.40. The standard InChI is InChI=1S/C14H23N3/c1-10-6-12(15)9-14(7-10)16-13-4-5-17(3)11(2)8-13/h6-7,9,11,13,16H,4-5,8,15H2,1-3H3. The number of hydrogen-bond donors (Lipinski definition) is 2. The molecule has 0 aromatic heterocycles. The molecule has 0 saturated carbocycles. The number of rotatable bonds is 2. The fraction of sp³-hybridized carbons (Fsp3) is 0.571. The van der Waals surface area contributed by atoms with Gasteiger partial charge < -0.3 is 16.0 Å². The fourth-order valence-corrected chi connectivity index (χ4v) is 2.55. The highest BCUT2D eigenvalue weighted by molar-refractivity contribution is 5.57. The van der Waals surface area contributed by atoms with Crippen LogP contribution in [0.3, 0.4) is 0 Å². The van der Waals surface area contributed by atoms with E-state index < -0.39 is 0 Å². The molecular weight excluding hydrogens is 210 g/mol. The zero-order chi connectivity index (χ0) is 12.4. The molecule has 3 heteroatoms. The SMILES string of the molecule is Cc1cc(N)cc(NC2CCN(C)C(C)C2)c1. The Morgan fingerprint density at radius 1 is 1.35 bits per heavy atom. The molecule has 1 fully saturated rings. The van der Waals surface area contributed by atoms with Crippen LogP contribution in [0.4, 0.5) is 11.4 Å². The summed E-state index contributed by atoms with van der Waals surface area (Å²) in [6.45, 7) is 5.54. The summed E-state index contributed by atoms with van der Waals surface area (Å²) >= 11 is 0. The van der Waals surface area contributed by atoms with Crippen LogP contribution >= 0.6 is 0 Å². The average molecular weight is 233 g/mol. The number of benzene rings is 1. The van der Waals surface area contributed by atoms with Crippen LogP contribution in [-0.4, -0.2) is 30.6 Å². The molecule has 2 rings (SSSR count). The Morgan fingerprint density at radius 2 is 2.12 bits per heavy atom. The molecule has 3 N–H and O–H groups in total. The lowest BCUT2D eigenvalue weighted by atomic mass is 9.98. The van der Waals surface area contributed by atoms with Gasteiger partial charge in [-0.3, -0.25) is 0 Å². The highest BCUT2D eigenvalue weighted by atomic mass is 15.1. The first-order valence-electron chi connectivity index (χ1n) is 6.38. The molecule has 2 unspecified atom stereocenters. The highest BCUT2D eigenvalue weighted by Crippen LogP contribution is 2.22. The molecule has 1 heterocycles. The van der Waals surface area contributed by atoms with E-state index in [-0.39, 0.29) is 0 Å². The van der Waals surface area contributed by atoms with Crippen molar-refractivity contribution in [1.29, 1.82) is 0 Å². The lowest BCUT2D eigenvalue weighted by Gasteiger charge is -2.35. The van der Waals surface area contributed by atoms with Gasteiger partial charge in [0.2, 0.25) is 0 Å². The Kier molecular flexibility index (Phi) is 3.57. The van der Waals surface area contributed by atoms with E-state index in [1.807, 2.05) is 12.1 Å². The second kappa shape index (κ2) is 4.96. The maximum absolute atomic E-state index is 5.87. The predicted molar refractivity (Wildman–Crippen MR) is 74.3 cm³/mol. The smallest absolute Gasteiger partial charge is 0.0365 e. The van der Waals surface area contributed by atoms with E-state index in [0.29, 0.717) is 12.1 Å². The van der Waals surface area contributed by atoms with Gasteiger partial charge in [0.05, 0.1) is 0 Å². The predicted octanol–water partition coefficient (Wildman–Crippen LogP) is 2.47. The molecule has 1 aliphatic heterocycles. The lowest BCUT2D eigenvalue weighted by Crippen LogP contribution is -2.42. The Hall–Kier alpha value is -1.22. The number of nitrogens with one attached hydrogen (secondary N) is 1. The molecule has 17 heavy (non-hydrogen) atoms. The van der Waals surface area contributed by atoms with Gasteiger partial charge in [-0.15, -0.1) is 0 Å². The Bertz CT molecular complexity index is 369. The highest BCUT2D eigenvalue weighted by Gasteiger charge is 2.22. The van der Waals surface area contributed by atoms with Crippen molar-refractivity contribution in [3.05, 3.63) is 23.8 Å². The van der Waals surface area contributed by atoms with Gasteiger partial charge >= 0.3 is 0 Å². The summed E-state index contributed by atoms with van der Waals surface area (Å²) in [6, 6.07) is 7.42. The molecule has 0 bridgehead atoms. The first-order chi connectivity index (χ1) is 8.04. The van der Waals surface area contributed by atoms with Crippen molar-refractivity contribution in [2.45, 2.75) is 38.8 Å². The lowest BCUT2D eigenvalue weighted by molar-refractivity contribution is 0.190. The number of nitrogen functional groups attached to an aromatic ring is 1. The van der Waals surface area contributed by atoms with E-state index in [9.17, 15) is 0 Å². The summed E-state index contributed by atoms with van der Waals surface area (Å²) in [5.74, 6) is 0. The molecular formula is C14H23N3. The van der Waals surface area contributed by atoms with Gasteiger partial charge in [0, 0.05) is 30.0 Å². The van der Waals surface area contributed by atoms with Gasteiger partial charge in [0.1, 0.15) is 0 Å². The molecule has 1 saturated heterocycles. The van der Waals surface area contributed by atoms with Crippen molar-refractivity contribution >= 4 is 11.4 Å². The van der Waals surface area contributed by atoms with Crippen LogP contribution < -0.4 is 11.1 Å². The zero-order valence-electron chi connectivity index (χ0n) is 11.0. The van der Waals surface area contributed by atoms with Gasteiger partial charge in [-0.05, 0) is 57.5 Å². The van der Waals surface area contributed by atoms with Crippen molar-refractivity contribution in [2.24, 2.45) is 0 Å². The minimum absolute atomic E-state index is 0.572. The summed E-state index contributed by atoms with van der Waals surface area (Å²) in [5, 5.41) is 3.61. The van der Waals surface area contributed by atoms with Crippen LogP contribution in [0.2, 0.25) is 0 Å². The van der Waals surface area contributed by atoms with Crippen molar-refractivity contribution in [3.63, 3.8) is 0 Å². The summed E-state index contributed by atoms with van der Waals surface area (Å²) in [7, 11) is 2.20. The zero-order valence-corrected chi connectivity index (χ0v) is 11.0. The molecule has 1 aromatic carbocycles. The number of piperidine rings is 1. The number of likely N-dealkylation sites (tertiary alicyclic amines) is 1. The van der Waals surface area contributed by atoms with Gasteiger partial charge in [0.25, 0.3) is 0 Å². The van der Waals surface area contributed by atoms with Crippen molar-refractivity contribution < 1.29 is 0 Å². The van der Waals surface area contributed by atoms with Crippen LogP contribution in [0, 0.1) is 6.92 Å². The molecule has 0 aliphatic carbocycles. The Balaban J connectivity index is 2.01. The number of nitrogens with two attached hydrogens (primary N) is 1. The van der Waals surface area contributed by atoms with E-state index in [4.69, 9.17) is 5.73 Å². The largest absolute Gasteiger partial charge is 0.399 e. The number of anilines is 2. The van der Waals surface area contributed by atoms with Gasteiger partial charge in [-0.25, -0.2) is 0 Å². The van der Waals surface area contributed by atoms with Crippen LogP contribution in [0.25, 0.3) is 0 Å². The second-order valence-corrected chi connectivity index (χ2v) is 5.33. The van der Waals surface area contributed by atoms with Crippen LogP contribution in [0.15, 0.2) is 18.2 Å². The third-order valence-corrected chi connectivity index (χ3v) is 3.68. The molecule has 2 atom stereocenters. The third kappa shape index (κ3) is 3.13. The monoisotopic (exact) mass is 233 g/mol. The summed E-state index contributed by atoms with van der Waals surface area (Å²) < 4.78 is 0. The van der Waals surface area contributed by atoms with Gasteiger partial charge in [0.15, 0.2) is 0 Å². The minimum Gasteiger partial charge on any atom is -0.399 e. The number of nitrogens with zero attached hydrogens (tertiary/aromatic N) is 1. The van der Waals surface area contributed by atoms with E-state index >= 15 is 0 Å². The van der Waals surface area contributed by atoms with Crippen molar-refractivity contribution in [2.75, 3.05) is 24.6 Å².